The van der Waals surface area contributed by atoms with Crippen LogP contribution in [0.3, 0.4) is 0 Å². The lowest BCUT2D eigenvalue weighted by molar-refractivity contribution is -0.141. The number of nitrogens with one attached hydrogen (secondary N) is 1. The van der Waals surface area contributed by atoms with Gasteiger partial charge in [-0.05, 0) is 68.0 Å². The fraction of sp³-hybridized carbons (Fsp3) is 0.500. The number of hydrogen-bond donors (Lipinski definition) is 1. The molecule has 1 fully saturated rings. The van der Waals surface area contributed by atoms with E-state index in [1.54, 1.807) is 24.0 Å². The van der Waals surface area contributed by atoms with E-state index >= 15 is 0 Å². The van der Waals surface area contributed by atoms with Gasteiger partial charge in [-0.1, -0.05) is 60.0 Å². The standard InChI is InChI=1S/C28H38BrN3O4S/c1-4-22-14-16-26(17-15-22)32(37(3,35)36)18-8-13-27(33)31(20-23-9-7-10-24(29)19-23)21(2)28(34)30-25-11-5-6-12-25/h7,9-10,14-17,19,21,25H,4-6,8,11-13,18,20H2,1-3H3,(H,30,34). The number of rotatable bonds is 12. The van der Waals surface area contributed by atoms with Gasteiger partial charge in [0.1, 0.15) is 6.04 Å². The first-order chi connectivity index (χ1) is 17.6. The molecule has 1 aliphatic carbocycles. The molecule has 0 aliphatic heterocycles. The summed E-state index contributed by atoms with van der Waals surface area (Å²) in [5.41, 5.74) is 2.62. The first-order valence-electron chi connectivity index (χ1n) is 13.0. The monoisotopic (exact) mass is 591 g/mol. The summed E-state index contributed by atoms with van der Waals surface area (Å²) in [6, 6.07) is 14.7. The summed E-state index contributed by atoms with van der Waals surface area (Å²) < 4.78 is 27.3. The highest BCUT2D eigenvalue weighted by molar-refractivity contribution is 9.10. The van der Waals surface area contributed by atoms with Gasteiger partial charge < -0.3 is 10.2 Å². The van der Waals surface area contributed by atoms with Crippen molar-refractivity contribution < 1.29 is 18.0 Å². The lowest BCUT2D eigenvalue weighted by Gasteiger charge is -2.30. The van der Waals surface area contributed by atoms with Gasteiger partial charge in [-0.2, -0.15) is 0 Å². The molecule has 2 aromatic rings. The molecule has 37 heavy (non-hydrogen) atoms. The van der Waals surface area contributed by atoms with Crippen LogP contribution in [0.1, 0.15) is 63.5 Å². The van der Waals surface area contributed by atoms with E-state index < -0.39 is 16.1 Å². The Kier molecular flexibility index (Phi) is 10.6. The fourth-order valence-corrected chi connectivity index (χ4v) is 6.12. The number of anilines is 1. The van der Waals surface area contributed by atoms with Gasteiger partial charge in [-0.15, -0.1) is 0 Å². The van der Waals surface area contributed by atoms with E-state index in [9.17, 15) is 18.0 Å². The third-order valence-corrected chi connectivity index (χ3v) is 8.58. The van der Waals surface area contributed by atoms with Crippen LogP contribution >= 0.6 is 15.9 Å². The van der Waals surface area contributed by atoms with Crippen LogP contribution in [0.5, 0.6) is 0 Å². The SMILES string of the molecule is CCc1ccc(N(CCCC(=O)N(Cc2cccc(Br)c2)C(C)C(=O)NC2CCCC2)S(C)(=O)=O)cc1. The minimum atomic E-state index is -3.51. The van der Waals surface area contributed by atoms with Gasteiger partial charge in [0, 0.05) is 30.0 Å². The Morgan fingerprint density at radius 2 is 1.76 bits per heavy atom. The highest BCUT2D eigenvalue weighted by Crippen LogP contribution is 2.22. The Balaban J connectivity index is 1.71. The molecule has 0 aromatic heterocycles. The van der Waals surface area contributed by atoms with Gasteiger partial charge >= 0.3 is 0 Å². The predicted octanol–water partition coefficient (Wildman–Crippen LogP) is 5.03. The zero-order chi connectivity index (χ0) is 27.0. The molecule has 0 heterocycles. The maximum absolute atomic E-state index is 13.4. The number of carbonyl (C=O) groups excluding carboxylic acids is 2. The quantitative estimate of drug-likeness (QED) is 0.375. The third kappa shape index (κ3) is 8.57. The van der Waals surface area contributed by atoms with E-state index in [4.69, 9.17) is 0 Å². The van der Waals surface area contributed by atoms with Crippen LogP contribution in [-0.4, -0.2) is 50.0 Å². The van der Waals surface area contributed by atoms with Crippen LogP contribution in [0.15, 0.2) is 53.0 Å². The second kappa shape index (κ2) is 13.4. The smallest absolute Gasteiger partial charge is 0.242 e. The van der Waals surface area contributed by atoms with Gasteiger partial charge in [0.25, 0.3) is 0 Å². The Hall–Kier alpha value is -2.39. The van der Waals surface area contributed by atoms with Crippen molar-refractivity contribution in [1.82, 2.24) is 10.2 Å². The molecule has 1 aliphatic rings. The van der Waals surface area contributed by atoms with Crippen LogP contribution in [0.25, 0.3) is 0 Å². The van der Waals surface area contributed by atoms with Crippen LogP contribution < -0.4 is 9.62 Å². The number of carbonyl (C=O) groups is 2. The summed E-state index contributed by atoms with van der Waals surface area (Å²) in [5, 5.41) is 3.11. The maximum atomic E-state index is 13.4. The molecule has 202 valence electrons. The summed E-state index contributed by atoms with van der Waals surface area (Å²) in [6.45, 7) is 4.29. The molecule has 0 bridgehead atoms. The molecule has 7 nitrogen and oxygen atoms in total. The number of benzene rings is 2. The van der Waals surface area contributed by atoms with Crippen LogP contribution in [0.4, 0.5) is 5.69 Å². The third-order valence-electron chi connectivity index (χ3n) is 6.90. The van der Waals surface area contributed by atoms with Crippen molar-refractivity contribution in [2.75, 3.05) is 17.1 Å². The highest BCUT2D eigenvalue weighted by atomic mass is 79.9. The minimum Gasteiger partial charge on any atom is -0.352 e. The second-order valence-electron chi connectivity index (χ2n) is 9.78. The van der Waals surface area contributed by atoms with Gasteiger partial charge in [0.15, 0.2) is 0 Å². The molecule has 1 saturated carbocycles. The number of halogens is 1. The molecule has 0 saturated heterocycles. The van der Waals surface area contributed by atoms with Crippen LogP contribution in [-0.2, 0) is 32.6 Å². The summed E-state index contributed by atoms with van der Waals surface area (Å²) in [5.74, 6) is -0.326. The fourth-order valence-electron chi connectivity index (χ4n) is 4.71. The van der Waals surface area contributed by atoms with E-state index in [0.717, 1.165) is 47.7 Å². The predicted molar refractivity (Wildman–Crippen MR) is 152 cm³/mol. The minimum absolute atomic E-state index is 0.133. The number of amides is 2. The molecule has 1 N–H and O–H groups in total. The molecule has 2 amide bonds. The molecule has 2 aromatic carbocycles. The average molecular weight is 593 g/mol. The molecule has 1 atom stereocenters. The van der Waals surface area contributed by atoms with Crippen molar-refractivity contribution in [2.24, 2.45) is 0 Å². The van der Waals surface area contributed by atoms with Crippen molar-refractivity contribution in [3.8, 4) is 0 Å². The lowest BCUT2D eigenvalue weighted by Crippen LogP contribution is -2.49. The number of aryl methyl sites for hydroxylation is 1. The topological polar surface area (TPSA) is 86.8 Å². The van der Waals surface area contributed by atoms with E-state index in [1.165, 1.54) is 10.6 Å². The van der Waals surface area contributed by atoms with E-state index in [-0.39, 0.29) is 30.8 Å². The van der Waals surface area contributed by atoms with Gasteiger partial charge in [-0.3, -0.25) is 13.9 Å². The lowest BCUT2D eigenvalue weighted by atomic mass is 10.1. The van der Waals surface area contributed by atoms with Crippen molar-refractivity contribution >= 4 is 43.5 Å². The molecule has 0 spiro atoms. The summed E-state index contributed by atoms with van der Waals surface area (Å²) >= 11 is 3.48. The normalized spacial score (nSPS) is 14.8. The van der Waals surface area contributed by atoms with E-state index in [1.807, 2.05) is 43.3 Å². The van der Waals surface area contributed by atoms with E-state index in [2.05, 4.69) is 21.2 Å². The Morgan fingerprint density at radius 1 is 1.08 bits per heavy atom. The van der Waals surface area contributed by atoms with Crippen molar-refractivity contribution in [3.05, 3.63) is 64.1 Å². The van der Waals surface area contributed by atoms with Crippen molar-refractivity contribution in [2.45, 2.75) is 77.4 Å². The van der Waals surface area contributed by atoms with Crippen molar-refractivity contribution in [3.63, 3.8) is 0 Å². The van der Waals surface area contributed by atoms with Crippen LogP contribution in [0.2, 0.25) is 0 Å². The maximum Gasteiger partial charge on any atom is 0.242 e. The summed E-state index contributed by atoms with van der Waals surface area (Å²) in [4.78, 5) is 28.1. The molecule has 9 heteroatoms. The van der Waals surface area contributed by atoms with Gasteiger partial charge in [0.2, 0.25) is 21.8 Å². The molecule has 0 radical (unpaired) electrons. The van der Waals surface area contributed by atoms with E-state index in [0.29, 0.717) is 18.7 Å². The van der Waals surface area contributed by atoms with Gasteiger partial charge in [0.05, 0.1) is 11.9 Å². The second-order valence-corrected chi connectivity index (χ2v) is 12.6. The number of nitrogens with zero attached hydrogens (tertiary/aromatic N) is 2. The molecular weight excluding hydrogens is 554 g/mol. The zero-order valence-electron chi connectivity index (χ0n) is 22.0. The molecule has 1 unspecified atom stereocenters. The first-order valence-corrected chi connectivity index (χ1v) is 15.6. The highest BCUT2D eigenvalue weighted by Gasteiger charge is 2.28. The first kappa shape index (κ1) is 29.2. The zero-order valence-corrected chi connectivity index (χ0v) is 24.4. The molecule has 3 rings (SSSR count). The average Bonchev–Trinajstić information content (AvgIpc) is 3.37. The summed E-state index contributed by atoms with van der Waals surface area (Å²) in [7, 11) is -3.51. The number of sulfonamides is 1. The number of hydrogen-bond acceptors (Lipinski definition) is 4. The van der Waals surface area contributed by atoms with Gasteiger partial charge in [-0.25, -0.2) is 8.42 Å². The van der Waals surface area contributed by atoms with Crippen molar-refractivity contribution in [1.29, 1.82) is 0 Å². The Bertz CT molecular complexity index is 1160. The Morgan fingerprint density at radius 3 is 2.35 bits per heavy atom. The van der Waals surface area contributed by atoms with Crippen LogP contribution in [0, 0.1) is 0 Å². The Labute approximate surface area is 229 Å². The summed E-state index contributed by atoms with van der Waals surface area (Å²) in [6.07, 6.45) is 6.68. The largest absolute Gasteiger partial charge is 0.352 e. The molecular formula is C28H38BrN3O4S.